The number of carbonyl (C=O) groups is 3. The molecular formula is C26H28N2O5. The van der Waals surface area contributed by atoms with Crippen molar-refractivity contribution in [2.75, 3.05) is 18.1 Å². The first-order valence-corrected chi connectivity index (χ1v) is 11.2. The molecule has 1 aromatic heterocycles. The fraction of sp³-hybridized carbons (Fsp3) is 0.308. The summed E-state index contributed by atoms with van der Waals surface area (Å²) in [4.78, 5) is 43.6. The van der Waals surface area contributed by atoms with E-state index < -0.39 is 11.9 Å². The van der Waals surface area contributed by atoms with Gasteiger partial charge in [-0.15, -0.1) is 0 Å². The van der Waals surface area contributed by atoms with E-state index in [-0.39, 0.29) is 5.91 Å². The van der Waals surface area contributed by atoms with Gasteiger partial charge >= 0.3 is 11.9 Å². The average Bonchev–Trinajstić information content (AvgIpc) is 3.10. The number of carbonyl (C=O) groups excluding carboxylic acids is 3. The van der Waals surface area contributed by atoms with Crippen LogP contribution in [0.15, 0.2) is 54.9 Å². The first-order chi connectivity index (χ1) is 16.1. The molecule has 33 heavy (non-hydrogen) atoms. The van der Waals surface area contributed by atoms with E-state index in [1.807, 2.05) is 32.0 Å². The summed E-state index contributed by atoms with van der Waals surface area (Å²) in [5.41, 5.74) is 2.32. The van der Waals surface area contributed by atoms with E-state index in [0.29, 0.717) is 41.3 Å². The predicted molar refractivity (Wildman–Crippen MR) is 126 cm³/mol. The van der Waals surface area contributed by atoms with Crippen LogP contribution in [0.3, 0.4) is 0 Å². The Morgan fingerprint density at radius 1 is 0.970 bits per heavy atom. The highest BCUT2D eigenvalue weighted by Gasteiger charge is 2.36. The van der Waals surface area contributed by atoms with Crippen LogP contribution in [-0.4, -0.2) is 36.0 Å². The summed E-state index contributed by atoms with van der Waals surface area (Å²) in [6, 6.07) is 9.05. The summed E-state index contributed by atoms with van der Waals surface area (Å²) in [5, 5.41) is 0. The van der Waals surface area contributed by atoms with E-state index in [1.165, 1.54) is 35.5 Å². The number of hydrogen-bond donors (Lipinski definition) is 0. The lowest BCUT2D eigenvalue weighted by Gasteiger charge is -2.18. The van der Waals surface area contributed by atoms with Crippen LogP contribution in [0.4, 0.5) is 5.69 Å². The summed E-state index contributed by atoms with van der Waals surface area (Å²) in [5.74, 6) is -1.33. The summed E-state index contributed by atoms with van der Waals surface area (Å²) in [6.07, 6.45) is 10.6. The van der Waals surface area contributed by atoms with Crippen molar-refractivity contribution in [3.63, 3.8) is 0 Å². The Hall–Kier alpha value is -3.74. The minimum atomic E-state index is -0.527. The van der Waals surface area contributed by atoms with E-state index in [9.17, 15) is 14.4 Å². The van der Waals surface area contributed by atoms with E-state index >= 15 is 0 Å². The molecule has 0 spiro atoms. The third-order valence-corrected chi connectivity index (χ3v) is 5.06. The quantitative estimate of drug-likeness (QED) is 0.295. The second-order valence-corrected chi connectivity index (χ2v) is 7.53. The minimum absolute atomic E-state index is 0.312. The number of hydrogen-bond acceptors (Lipinski definition) is 6. The zero-order valence-electron chi connectivity index (χ0n) is 19.0. The van der Waals surface area contributed by atoms with Gasteiger partial charge in [-0.05, 0) is 31.1 Å². The predicted octanol–water partition coefficient (Wildman–Crippen LogP) is 4.78. The molecule has 0 radical (unpaired) electrons. The lowest BCUT2D eigenvalue weighted by atomic mass is 10.0. The maximum atomic E-state index is 13.5. The lowest BCUT2D eigenvalue weighted by molar-refractivity contribution is -0.138. The van der Waals surface area contributed by atoms with Crippen molar-refractivity contribution in [2.45, 2.75) is 39.5 Å². The molecule has 2 aromatic rings. The molecule has 172 valence electrons. The number of aromatic nitrogens is 1. The van der Waals surface area contributed by atoms with Crippen LogP contribution in [0.2, 0.25) is 0 Å². The number of fused-ring (bicyclic) bond motifs is 1. The summed E-state index contributed by atoms with van der Waals surface area (Å²) >= 11 is 0. The molecular weight excluding hydrogens is 420 g/mol. The number of anilines is 1. The van der Waals surface area contributed by atoms with Crippen LogP contribution in [0, 0.1) is 0 Å². The van der Waals surface area contributed by atoms with Gasteiger partial charge in [0.05, 0.1) is 24.5 Å². The van der Waals surface area contributed by atoms with E-state index in [0.717, 1.165) is 25.7 Å². The molecule has 3 rings (SSSR count). The maximum Gasteiger partial charge on any atom is 0.332 e. The first kappa shape index (κ1) is 23.9. The largest absolute Gasteiger partial charge is 0.463 e. The molecule has 0 bridgehead atoms. The lowest BCUT2D eigenvalue weighted by Crippen LogP contribution is -2.23. The number of amides is 1. The molecule has 0 aliphatic carbocycles. The average molecular weight is 449 g/mol. The Kier molecular flexibility index (Phi) is 8.52. The molecule has 1 aliphatic heterocycles. The number of ether oxygens (including phenoxy) is 2. The number of rotatable bonds is 10. The van der Waals surface area contributed by atoms with E-state index in [1.54, 1.807) is 12.1 Å². The Morgan fingerprint density at radius 2 is 1.64 bits per heavy atom. The van der Waals surface area contributed by atoms with Crippen molar-refractivity contribution in [3.8, 4) is 0 Å². The van der Waals surface area contributed by atoms with Gasteiger partial charge in [-0.3, -0.25) is 14.7 Å². The van der Waals surface area contributed by atoms with Crippen LogP contribution in [-0.2, 0) is 19.1 Å². The second kappa shape index (κ2) is 11.8. The third kappa shape index (κ3) is 5.94. The Bertz CT molecular complexity index is 1060. The topological polar surface area (TPSA) is 85.8 Å². The molecule has 7 heteroatoms. The molecule has 7 nitrogen and oxygen atoms in total. The SMILES string of the molecule is CCCCOC(=O)/C=C/c1cncc2c1C(=O)N(c1ccccc1)/C2=C/C(=O)OCCCC. The van der Waals surface area contributed by atoms with Gasteiger partial charge in [0, 0.05) is 41.4 Å². The van der Waals surface area contributed by atoms with Gasteiger partial charge in [0.1, 0.15) is 0 Å². The highest BCUT2D eigenvalue weighted by Crippen LogP contribution is 2.38. The normalized spacial score (nSPS) is 14.1. The fourth-order valence-corrected chi connectivity index (χ4v) is 3.35. The Morgan fingerprint density at radius 3 is 2.30 bits per heavy atom. The van der Waals surface area contributed by atoms with Crippen molar-refractivity contribution in [3.05, 3.63) is 71.6 Å². The van der Waals surface area contributed by atoms with Crippen LogP contribution in [0.1, 0.15) is 61.0 Å². The Labute approximate surface area is 193 Å². The van der Waals surface area contributed by atoms with Crippen LogP contribution in [0.5, 0.6) is 0 Å². The number of esters is 2. The van der Waals surface area contributed by atoms with Crippen molar-refractivity contribution >= 4 is 35.3 Å². The molecule has 0 fully saturated rings. The molecule has 0 N–H and O–H groups in total. The van der Waals surface area contributed by atoms with Crippen LogP contribution >= 0.6 is 0 Å². The fourth-order valence-electron chi connectivity index (χ4n) is 3.35. The van der Waals surface area contributed by atoms with Crippen molar-refractivity contribution in [1.82, 2.24) is 4.98 Å². The highest BCUT2D eigenvalue weighted by molar-refractivity contribution is 6.25. The van der Waals surface area contributed by atoms with Gasteiger partial charge in [0.15, 0.2) is 0 Å². The first-order valence-electron chi connectivity index (χ1n) is 11.2. The summed E-state index contributed by atoms with van der Waals surface area (Å²) in [7, 11) is 0. The van der Waals surface area contributed by atoms with Crippen molar-refractivity contribution in [1.29, 1.82) is 0 Å². The second-order valence-electron chi connectivity index (χ2n) is 7.53. The standard InChI is InChI=1S/C26H28N2O5/c1-3-5-14-32-23(29)13-12-19-17-27-18-21-22(16-24(30)33-15-6-4-2)28(26(31)25(19)21)20-10-8-7-9-11-20/h7-13,16-18H,3-6,14-15H2,1-2H3/b13-12+,22-16+. The van der Waals surface area contributed by atoms with E-state index in [4.69, 9.17) is 9.47 Å². The smallest absolute Gasteiger partial charge is 0.332 e. The molecule has 0 unspecified atom stereocenters. The third-order valence-electron chi connectivity index (χ3n) is 5.06. The van der Waals surface area contributed by atoms with Gasteiger partial charge in [-0.1, -0.05) is 44.9 Å². The van der Waals surface area contributed by atoms with Gasteiger partial charge in [-0.25, -0.2) is 9.59 Å². The monoisotopic (exact) mass is 448 g/mol. The summed E-state index contributed by atoms with van der Waals surface area (Å²) < 4.78 is 10.4. The van der Waals surface area contributed by atoms with Gasteiger partial charge in [-0.2, -0.15) is 0 Å². The molecule has 0 saturated heterocycles. The van der Waals surface area contributed by atoms with Crippen molar-refractivity contribution in [2.24, 2.45) is 0 Å². The van der Waals surface area contributed by atoms with Crippen LogP contribution in [0.25, 0.3) is 11.8 Å². The molecule has 1 aliphatic rings. The van der Waals surface area contributed by atoms with E-state index in [2.05, 4.69) is 4.98 Å². The number of pyridine rings is 1. The molecule has 1 amide bonds. The number of benzene rings is 1. The zero-order valence-corrected chi connectivity index (χ0v) is 19.0. The number of para-hydroxylation sites is 1. The molecule has 1 aromatic carbocycles. The van der Waals surface area contributed by atoms with Gasteiger partial charge in [0.25, 0.3) is 5.91 Å². The van der Waals surface area contributed by atoms with Gasteiger partial charge in [0.2, 0.25) is 0 Å². The summed E-state index contributed by atoms with van der Waals surface area (Å²) in [6.45, 7) is 4.68. The Balaban J connectivity index is 1.97. The van der Waals surface area contributed by atoms with Crippen molar-refractivity contribution < 1.29 is 23.9 Å². The zero-order chi connectivity index (χ0) is 23.6. The van der Waals surface area contributed by atoms with Crippen LogP contribution < -0.4 is 4.90 Å². The maximum absolute atomic E-state index is 13.5. The molecule has 2 heterocycles. The van der Waals surface area contributed by atoms with Gasteiger partial charge < -0.3 is 9.47 Å². The minimum Gasteiger partial charge on any atom is -0.463 e. The number of nitrogens with zero attached hydrogens (tertiary/aromatic N) is 2. The highest BCUT2D eigenvalue weighted by atomic mass is 16.5. The molecule has 0 atom stereocenters. The number of unbranched alkanes of at least 4 members (excludes halogenated alkanes) is 2. The molecule has 0 saturated carbocycles.